The van der Waals surface area contributed by atoms with Gasteiger partial charge < -0.3 is 4.79 Å². The minimum Gasteiger partial charge on any atom is -0.302 e. The summed E-state index contributed by atoms with van der Waals surface area (Å²) >= 11 is 14.6. The Labute approximate surface area is 203 Å². The molecule has 0 atom stereocenters. The largest absolute Gasteiger partial charge is 0.302 e. The van der Waals surface area contributed by atoms with Gasteiger partial charge in [0.05, 0.1) is 0 Å². The lowest BCUT2D eigenvalue weighted by Crippen LogP contribution is -1.90. The van der Waals surface area contributed by atoms with Crippen LogP contribution in [0.4, 0.5) is 0 Å². The number of thioether (sulfide) groups is 3. The molecule has 0 radical (unpaired) electrons. The second-order valence-electron chi connectivity index (χ2n) is 4.65. The second-order valence-corrected chi connectivity index (χ2v) is 12.2. The van der Waals surface area contributed by atoms with Crippen molar-refractivity contribution < 1.29 is 9.08 Å². The zero-order valence-electron chi connectivity index (χ0n) is 16.5. The summed E-state index contributed by atoms with van der Waals surface area (Å²) in [6, 6.07) is 0. The van der Waals surface area contributed by atoms with Gasteiger partial charge in [0.1, 0.15) is 6.29 Å². The molecule has 0 spiro atoms. The number of aldehydes is 1. The summed E-state index contributed by atoms with van der Waals surface area (Å²) in [6.07, 6.45) is 10.1. The van der Waals surface area contributed by atoms with Crippen LogP contribution < -0.4 is 5.90 Å². The van der Waals surface area contributed by atoms with Crippen LogP contribution in [0.2, 0.25) is 0 Å². The van der Waals surface area contributed by atoms with Crippen LogP contribution in [0, 0.1) is 0 Å². The number of hydrogen-bond donors (Lipinski definition) is 3. The summed E-state index contributed by atoms with van der Waals surface area (Å²) in [7, 11) is 3.98. The molecule has 0 aromatic rings. The van der Waals surface area contributed by atoms with Gasteiger partial charge in [-0.25, -0.2) is 10.2 Å². The molecule has 1 fully saturated rings. The average Bonchev–Trinajstić information content (AvgIpc) is 3.27. The van der Waals surface area contributed by atoms with Gasteiger partial charge in [0.15, 0.2) is 0 Å². The number of hydrogen-bond acceptors (Lipinski definition) is 11. The highest BCUT2D eigenvalue weighted by Gasteiger charge is 1.96. The zero-order valence-corrected chi connectivity index (χ0v) is 23.2. The van der Waals surface area contributed by atoms with Gasteiger partial charge in [-0.15, -0.1) is 0 Å². The molecule has 1 saturated heterocycles. The summed E-state index contributed by atoms with van der Waals surface area (Å²) in [5.74, 6) is 14.6. The lowest BCUT2D eigenvalue weighted by atomic mass is 10.6. The SMILES string of the molecule is C1CSSC1.CSCCCSCC=O.CSCCCSON.SCCCS. The normalized spacial score (nSPS) is 12.0. The molecule has 0 saturated carbocycles. The lowest BCUT2D eigenvalue weighted by Gasteiger charge is -1.93. The van der Waals surface area contributed by atoms with Crippen molar-refractivity contribution in [2.45, 2.75) is 25.7 Å². The van der Waals surface area contributed by atoms with E-state index in [4.69, 9.17) is 5.90 Å². The van der Waals surface area contributed by atoms with Crippen LogP contribution in [0.1, 0.15) is 25.7 Å². The molecule has 3 nitrogen and oxygen atoms in total. The van der Waals surface area contributed by atoms with Gasteiger partial charge in [-0.05, 0) is 67.0 Å². The Balaban J connectivity index is -0.000000293. The first-order valence-electron chi connectivity index (χ1n) is 8.68. The van der Waals surface area contributed by atoms with E-state index in [0.29, 0.717) is 5.75 Å². The fourth-order valence-corrected chi connectivity index (χ4v) is 6.24. The molecule has 0 bridgehead atoms. The first kappa shape index (κ1) is 34.0. The van der Waals surface area contributed by atoms with Crippen LogP contribution in [0.25, 0.3) is 0 Å². The minimum absolute atomic E-state index is 0.661. The third kappa shape index (κ3) is 47.6. The van der Waals surface area contributed by atoms with E-state index in [2.05, 4.69) is 42.1 Å². The Kier molecular flexibility index (Phi) is 49.0. The van der Waals surface area contributed by atoms with E-state index in [0.717, 1.165) is 35.7 Å². The zero-order chi connectivity index (χ0) is 20.8. The molecule has 1 aliphatic rings. The molecule has 0 aromatic heterocycles. The van der Waals surface area contributed by atoms with Crippen molar-refractivity contribution in [2.24, 2.45) is 5.90 Å². The summed E-state index contributed by atoms with van der Waals surface area (Å²) < 4.78 is 4.30. The topological polar surface area (TPSA) is 52.3 Å². The fraction of sp³-hybridized carbons (Fsp3) is 0.938. The second kappa shape index (κ2) is 38.9. The van der Waals surface area contributed by atoms with E-state index in [9.17, 15) is 4.79 Å². The third-order valence-corrected chi connectivity index (χ3v) is 8.47. The number of thiol groups is 2. The van der Waals surface area contributed by atoms with Crippen LogP contribution >= 0.6 is 94.2 Å². The molecular weight excluding hydrogens is 495 g/mol. The van der Waals surface area contributed by atoms with E-state index < -0.39 is 0 Å². The lowest BCUT2D eigenvalue weighted by molar-refractivity contribution is -0.105. The number of carbonyl (C=O) groups is 1. The van der Waals surface area contributed by atoms with E-state index in [1.807, 2.05) is 45.1 Å². The molecule has 166 valence electrons. The molecule has 0 aliphatic carbocycles. The Morgan fingerprint density at radius 3 is 1.85 bits per heavy atom. The molecule has 1 rings (SSSR count). The number of rotatable bonds is 13. The average molecular weight is 532 g/mol. The Bertz CT molecular complexity index is 225. The smallest absolute Gasteiger partial charge is 0.129 e. The highest BCUT2D eigenvalue weighted by Crippen LogP contribution is 2.29. The van der Waals surface area contributed by atoms with Crippen LogP contribution in [-0.4, -0.2) is 70.6 Å². The van der Waals surface area contributed by atoms with Gasteiger partial charge in [0.2, 0.25) is 0 Å². The van der Waals surface area contributed by atoms with Crippen molar-refractivity contribution >= 4 is 100 Å². The molecule has 1 heterocycles. The first-order valence-corrected chi connectivity index (χ1v) is 17.3. The van der Waals surface area contributed by atoms with Crippen molar-refractivity contribution in [2.75, 3.05) is 64.3 Å². The van der Waals surface area contributed by atoms with Crippen molar-refractivity contribution in [1.29, 1.82) is 0 Å². The fourth-order valence-electron chi connectivity index (χ4n) is 1.11. The van der Waals surface area contributed by atoms with Gasteiger partial charge in [-0.3, -0.25) is 0 Å². The van der Waals surface area contributed by atoms with Crippen LogP contribution in [0.5, 0.6) is 0 Å². The Morgan fingerprint density at radius 2 is 1.52 bits per heavy atom. The Hall–Kier alpha value is 2.39. The van der Waals surface area contributed by atoms with Crippen molar-refractivity contribution in [1.82, 2.24) is 0 Å². The predicted molar refractivity (Wildman–Crippen MR) is 149 cm³/mol. The predicted octanol–water partition coefficient (Wildman–Crippen LogP) is 5.96. The maximum Gasteiger partial charge on any atom is 0.129 e. The maximum absolute atomic E-state index is 9.81. The van der Waals surface area contributed by atoms with Crippen LogP contribution in [0.15, 0.2) is 0 Å². The van der Waals surface area contributed by atoms with Gasteiger partial charge >= 0.3 is 0 Å². The molecule has 27 heavy (non-hydrogen) atoms. The highest BCUT2D eigenvalue weighted by atomic mass is 33.1. The van der Waals surface area contributed by atoms with Gasteiger partial charge in [-0.2, -0.15) is 60.5 Å². The van der Waals surface area contributed by atoms with E-state index in [1.165, 1.54) is 54.3 Å². The van der Waals surface area contributed by atoms with E-state index in [-0.39, 0.29) is 0 Å². The number of carbonyl (C=O) groups excluding carboxylic acids is 1. The van der Waals surface area contributed by atoms with Crippen molar-refractivity contribution in [3.8, 4) is 0 Å². The molecular formula is C16H37NO2S8. The van der Waals surface area contributed by atoms with Crippen molar-refractivity contribution in [3.63, 3.8) is 0 Å². The summed E-state index contributed by atoms with van der Waals surface area (Å²) in [6.45, 7) is 0. The van der Waals surface area contributed by atoms with Crippen molar-refractivity contribution in [3.05, 3.63) is 0 Å². The van der Waals surface area contributed by atoms with E-state index in [1.54, 1.807) is 11.8 Å². The van der Waals surface area contributed by atoms with Crippen LogP contribution in [0.3, 0.4) is 0 Å². The molecule has 0 aromatic carbocycles. The molecule has 1 aliphatic heterocycles. The monoisotopic (exact) mass is 531 g/mol. The number of nitrogens with two attached hydrogens (primary N) is 1. The molecule has 0 amide bonds. The summed E-state index contributed by atoms with van der Waals surface area (Å²) in [5.41, 5.74) is 0. The molecule has 11 heteroatoms. The van der Waals surface area contributed by atoms with Crippen LogP contribution in [-0.2, 0) is 9.08 Å². The highest BCUT2D eigenvalue weighted by molar-refractivity contribution is 8.77. The summed E-state index contributed by atoms with van der Waals surface area (Å²) in [5, 5.41) is 0. The minimum atomic E-state index is 0.661. The maximum atomic E-state index is 9.81. The Morgan fingerprint density at radius 1 is 0.963 bits per heavy atom. The van der Waals surface area contributed by atoms with Gasteiger partial charge in [0.25, 0.3) is 0 Å². The first-order chi connectivity index (χ1) is 13.2. The quantitative estimate of drug-likeness (QED) is 0.0667. The van der Waals surface area contributed by atoms with Gasteiger partial charge in [0, 0.05) is 35.1 Å². The standard InChI is InChI=1S/C6H12OS2.C4H11NOS2.C3H6S2.C3H8S2/c1-8-4-2-5-9-6-3-7;1-7-3-2-4-8-6-5;1-2-4-5-3-1;4-2-1-3-5/h3H,2,4-6H2,1H3;2-5H2,1H3;1-3H2;4-5H,1-3H2. The van der Waals surface area contributed by atoms with Gasteiger partial charge in [-0.1, -0.05) is 21.6 Å². The van der Waals surface area contributed by atoms with E-state index >= 15 is 0 Å². The third-order valence-electron chi connectivity index (χ3n) is 2.32. The summed E-state index contributed by atoms with van der Waals surface area (Å²) in [4.78, 5) is 9.81. The molecule has 0 unspecified atom stereocenters. The molecule has 2 N–H and O–H groups in total.